The average Bonchev–Trinajstić information content (AvgIpc) is 3.06. The van der Waals surface area contributed by atoms with Crippen molar-refractivity contribution in [3.63, 3.8) is 0 Å². The summed E-state index contributed by atoms with van der Waals surface area (Å²) in [5, 5.41) is 9.16. The van der Waals surface area contributed by atoms with E-state index in [1.165, 1.54) is 18.4 Å². The first kappa shape index (κ1) is 14.9. The van der Waals surface area contributed by atoms with Crippen molar-refractivity contribution in [2.45, 2.75) is 32.2 Å². The maximum Gasteiger partial charge on any atom is 0.305 e. The van der Waals surface area contributed by atoms with Crippen molar-refractivity contribution in [1.29, 1.82) is 0 Å². The van der Waals surface area contributed by atoms with Crippen molar-refractivity contribution in [2.75, 3.05) is 12.4 Å². The molecule has 7 heteroatoms. The Morgan fingerprint density at radius 2 is 2.25 bits per heavy atom. The number of hydrogen-bond donors (Lipinski definition) is 1. The molecule has 2 rings (SSSR count). The van der Waals surface area contributed by atoms with Crippen molar-refractivity contribution in [3.8, 4) is 0 Å². The smallest absolute Gasteiger partial charge is 0.305 e. The van der Waals surface area contributed by atoms with E-state index in [0.717, 1.165) is 15.8 Å². The lowest BCUT2D eigenvalue weighted by atomic mass is 10.1. The van der Waals surface area contributed by atoms with Crippen LogP contribution in [0.1, 0.15) is 31.0 Å². The van der Waals surface area contributed by atoms with Gasteiger partial charge in [-0.25, -0.2) is 9.97 Å². The molecule has 0 bridgehead atoms. The van der Waals surface area contributed by atoms with Crippen LogP contribution in [-0.4, -0.2) is 23.0 Å². The van der Waals surface area contributed by atoms with Crippen LogP contribution < -0.4 is 5.32 Å². The molecule has 0 spiro atoms. The van der Waals surface area contributed by atoms with E-state index in [2.05, 4.69) is 33.9 Å². The Bertz CT molecular complexity index is 564. The van der Waals surface area contributed by atoms with Gasteiger partial charge in [-0.3, -0.25) is 4.79 Å². The van der Waals surface area contributed by atoms with Gasteiger partial charge in [-0.1, -0.05) is 0 Å². The number of rotatable bonds is 6. The number of thiazole rings is 2. The summed E-state index contributed by atoms with van der Waals surface area (Å²) in [7, 11) is 1.40. The molecule has 0 aliphatic carbocycles. The molecule has 2 aromatic rings. The van der Waals surface area contributed by atoms with Crippen molar-refractivity contribution in [3.05, 3.63) is 27.7 Å². The molecule has 2 aromatic heterocycles. The maximum atomic E-state index is 11.1. The van der Waals surface area contributed by atoms with Crippen molar-refractivity contribution in [1.82, 2.24) is 9.97 Å². The zero-order valence-electron chi connectivity index (χ0n) is 11.7. The molecule has 0 aliphatic heterocycles. The maximum absolute atomic E-state index is 11.1. The van der Waals surface area contributed by atoms with Crippen LogP contribution in [0.3, 0.4) is 0 Å². The van der Waals surface area contributed by atoms with Gasteiger partial charge in [-0.05, 0) is 13.8 Å². The summed E-state index contributed by atoms with van der Waals surface area (Å²) < 4.78 is 4.62. The largest absolute Gasteiger partial charge is 0.469 e. The van der Waals surface area contributed by atoms with Gasteiger partial charge in [-0.15, -0.1) is 22.7 Å². The van der Waals surface area contributed by atoms with E-state index in [-0.39, 0.29) is 11.5 Å². The van der Waals surface area contributed by atoms with Crippen molar-refractivity contribution < 1.29 is 9.53 Å². The molecule has 0 saturated heterocycles. The molecule has 1 N–H and O–H groups in total. The van der Waals surface area contributed by atoms with E-state index in [1.54, 1.807) is 17.5 Å². The van der Waals surface area contributed by atoms with E-state index in [1.807, 2.05) is 10.8 Å². The summed E-state index contributed by atoms with van der Waals surface area (Å²) in [6, 6.07) is 0. The highest BCUT2D eigenvalue weighted by Gasteiger charge is 2.24. The lowest BCUT2D eigenvalue weighted by Crippen LogP contribution is -2.27. The van der Waals surface area contributed by atoms with Crippen LogP contribution in [0.25, 0.3) is 0 Å². The monoisotopic (exact) mass is 311 g/mol. The first-order chi connectivity index (χ1) is 9.51. The molecule has 20 heavy (non-hydrogen) atoms. The molecule has 5 nitrogen and oxygen atoms in total. The van der Waals surface area contributed by atoms with Crippen molar-refractivity contribution in [2.24, 2.45) is 0 Å². The minimum absolute atomic E-state index is 0.212. The number of hydrogen-bond acceptors (Lipinski definition) is 7. The minimum atomic E-state index is -0.258. The van der Waals surface area contributed by atoms with Gasteiger partial charge in [0.2, 0.25) is 0 Å². The topological polar surface area (TPSA) is 64.1 Å². The number of aryl methyl sites for hydroxylation is 1. The number of anilines is 1. The van der Waals surface area contributed by atoms with Gasteiger partial charge < -0.3 is 10.1 Å². The van der Waals surface area contributed by atoms with Crippen molar-refractivity contribution >= 4 is 33.8 Å². The fraction of sp³-hybridized carbons (Fsp3) is 0.462. The van der Waals surface area contributed by atoms with Gasteiger partial charge in [0.15, 0.2) is 5.13 Å². The number of methoxy groups -OCH3 is 1. The molecule has 0 saturated carbocycles. The standard InChI is InChI=1S/C13H17N3O2S2/c1-13(2,11-14-6-7-19-11)16-12-15-9(8-20-12)4-5-10(17)18-3/h6-8H,4-5H2,1-3H3,(H,15,16). The Labute approximate surface area is 126 Å². The quantitative estimate of drug-likeness (QED) is 0.831. The average molecular weight is 311 g/mol. The summed E-state index contributed by atoms with van der Waals surface area (Å²) in [5.41, 5.74) is 0.642. The number of aromatic nitrogens is 2. The molecule has 0 unspecified atom stereocenters. The molecule has 0 atom stereocenters. The third-order valence-electron chi connectivity index (χ3n) is 2.75. The van der Waals surface area contributed by atoms with Crippen LogP contribution in [-0.2, 0) is 21.5 Å². The molecule has 0 aromatic carbocycles. The van der Waals surface area contributed by atoms with Gasteiger partial charge in [0.05, 0.1) is 24.8 Å². The Morgan fingerprint density at radius 3 is 2.90 bits per heavy atom. The Morgan fingerprint density at radius 1 is 1.45 bits per heavy atom. The Balaban J connectivity index is 1.97. The first-order valence-electron chi connectivity index (χ1n) is 6.20. The third kappa shape index (κ3) is 3.77. The second-order valence-electron chi connectivity index (χ2n) is 4.81. The fourth-order valence-corrected chi connectivity index (χ4v) is 3.28. The van der Waals surface area contributed by atoms with Crippen LogP contribution in [0.4, 0.5) is 5.13 Å². The summed E-state index contributed by atoms with van der Waals surface area (Å²) in [5.74, 6) is -0.212. The summed E-state index contributed by atoms with van der Waals surface area (Å²) in [6.45, 7) is 4.14. The van der Waals surface area contributed by atoms with E-state index < -0.39 is 0 Å². The molecule has 0 fully saturated rings. The number of nitrogens with zero attached hydrogens (tertiary/aromatic N) is 2. The molecular formula is C13H17N3O2S2. The molecular weight excluding hydrogens is 294 g/mol. The first-order valence-corrected chi connectivity index (χ1v) is 7.96. The third-order valence-corrected chi connectivity index (χ3v) is 4.65. The van der Waals surface area contributed by atoms with Gasteiger partial charge in [0, 0.05) is 23.4 Å². The summed E-state index contributed by atoms with van der Waals surface area (Å²) in [4.78, 5) is 19.9. The van der Waals surface area contributed by atoms with Gasteiger partial charge in [0.25, 0.3) is 0 Å². The SMILES string of the molecule is COC(=O)CCc1csc(NC(C)(C)c2nccs2)n1. The fourth-order valence-electron chi connectivity index (χ4n) is 1.66. The number of carbonyl (C=O) groups excluding carboxylic acids is 1. The van der Waals surface area contributed by atoms with Crippen LogP contribution in [0.5, 0.6) is 0 Å². The highest BCUT2D eigenvalue weighted by molar-refractivity contribution is 7.13. The normalized spacial score (nSPS) is 11.3. The highest BCUT2D eigenvalue weighted by atomic mass is 32.1. The van der Waals surface area contributed by atoms with E-state index >= 15 is 0 Å². The van der Waals surface area contributed by atoms with Crippen LogP contribution in [0, 0.1) is 0 Å². The number of carbonyl (C=O) groups is 1. The van der Waals surface area contributed by atoms with E-state index in [0.29, 0.717) is 12.8 Å². The zero-order chi connectivity index (χ0) is 14.6. The predicted molar refractivity (Wildman–Crippen MR) is 81.2 cm³/mol. The highest BCUT2D eigenvalue weighted by Crippen LogP contribution is 2.28. The van der Waals surface area contributed by atoms with Crippen LogP contribution in [0.15, 0.2) is 17.0 Å². The van der Waals surface area contributed by atoms with Crippen LogP contribution in [0.2, 0.25) is 0 Å². The lowest BCUT2D eigenvalue weighted by molar-refractivity contribution is -0.140. The van der Waals surface area contributed by atoms with E-state index in [4.69, 9.17) is 0 Å². The second-order valence-corrected chi connectivity index (χ2v) is 6.56. The van der Waals surface area contributed by atoms with Crippen LogP contribution >= 0.6 is 22.7 Å². The summed E-state index contributed by atoms with van der Waals surface area (Å²) in [6.07, 6.45) is 2.76. The van der Waals surface area contributed by atoms with Gasteiger partial charge >= 0.3 is 5.97 Å². The molecule has 108 valence electrons. The number of ether oxygens (including phenoxy) is 1. The molecule has 0 amide bonds. The Kier molecular flexibility index (Phi) is 4.72. The van der Waals surface area contributed by atoms with Gasteiger partial charge in [0.1, 0.15) is 5.01 Å². The number of nitrogens with one attached hydrogen (secondary N) is 1. The van der Waals surface area contributed by atoms with E-state index in [9.17, 15) is 4.79 Å². The summed E-state index contributed by atoms with van der Waals surface area (Å²) >= 11 is 3.15. The molecule has 0 aliphatic rings. The lowest BCUT2D eigenvalue weighted by Gasteiger charge is -2.23. The second kappa shape index (κ2) is 6.32. The molecule has 2 heterocycles. The zero-order valence-corrected chi connectivity index (χ0v) is 13.3. The van der Waals surface area contributed by atoms with Gasteiger partial charge in [-0.2, -0.15) is 0 Å². The molecule has 0 radical (unpaired) electrons. The minimum Gasteiger partial charge on any atom is -0.469 e. The Hall–Kier alpha value is -1.47. The predicted octanol–water partition coefficient (Wildman–Crippen LogP) is 3.05. The number of esters is 1.